The zero-order valence-electron chi connectivity index (χ0n) is 10.3. The van der Waals surface area contributed by atoms with Crippen molar-refractivity contribution in [1.29, 1.82) is 0 Å². The topological polar surface area (TPSA) is 97.4 Å². The molecule has 1 heterocycles. The largest absolute Gasteiger partial charge is 0.396 e. The average Bonchev–Trinajstić information content (AvgIpc) is 3.02. The zero-order chi connectivity index (χ0) is 13.3. The number of carbonyl (C=O) groups is 2. The predicted molar refractivity (Wildman–Crippen MR) is 65.0 cm³/mol. The predicted octanol–water partition coefficient (Wildman–Crippen LogP) is -0.374. The van der Waals surface area contributed by atoms with Crippen molar-refractivity contribution in [2.24, 2.45) is 18.2 Å². The Morgan fingerprint density at radius 2 is 2.22 bits per heavy atom. The van der Waals surface area contributed by atoms with Crippen LogP contribution in [-0.4, -0.2) is 34.6 Å². The fourth-order valence-electron chi connectivity index (χ4n) is 1.85. The number of aliphatic hydroxyl groups excluding tert-OH is 1. The van der Waals surface area contributed by atoms with Gasteiger partial charge < -0.3 is 20.7 Å². The van der Waals surface area contributed by atoms with E-state index in [0.717, 1.165) is 12.8 Å². The lowest BCUT2D eigenvalue weighted by atomic mass is 10.1. The summed E-state index contributed by atoms with van der Waals surface area (Å²) in [6.07, 6.45) is 3.39. The number of nitrogens with zero attached hydrogens (tertiary/aromatic N) is 1. The normalized spacial score (nSPS) is 16.3. The molecule has 0 unspecified atom stereocenters. The molecular formula is C12H17N3O3. The minimum absolute atomic E-state index is 0.0902. The molecule has 98 valence electrons. The van der Waals surface area contributed by atoms with Gasteiger partial charge in [0.1, 0.15) is 5.69 Å². The number of aromatic nitrogens is 1. The Balaban J connectivity index is 2.02. The molecule has 1 fully saturated rings. The monoisotopic (exact) mass is 251 g/mol. The summed E-state index contributed by atoms with van der Waals surface area (Å²) >= 11 is 0. The molecule has 0 radical (unpaired) electrons. The third-order valence-corrected chi connectivity index (χ3v) is 3.44. The van der Waals surface area contributed by atoms with Crippen molar-refractivity contribution in [1.82, 2.24) is 9.88 Å². The molecule has 0 spiro atoms. The Hall–Kier alpha value is -1.82. The van der Waals surface area contributed by atoms with E-state index in [0.29, 0.717) is 17.8 Å². The van der Waals surface area contributed by atoms with Crippen LogP contribution >= 0.6 is 0 Å². The molecule has 6 heteroatoms. The SMILES string of the molecule is Cn1cc(C(N)=O)cc1C(=O)NCC1(CO)CC1. The van der Waals surface area contributed by atoms with Crippen LogP contribution in [-0.2, 0) is 7.05 Å². The van der Waals surface area contributed by atoms with Crippen LogP contribution in [0.2, 0.25) is 0 Å². The van der Waals surface area contributed by atoms with Gasteiger partial charge in [0.2, 0.25) is 5.91 Å². The second-order valence-electron chi connectivity index (χ2n) is 4.93. The summed E-state index contributed by atoms with van der Waals surface area (Å²) in [4.78, 5) is 22.9. The van der Waals surface area contributed by atoms with Crippen LogP contribution < -0.4 is 11.1 Å². The number of hydrogen-bond donors (Lipinski definition) is 3. The molecule has 2 rings (SSSR count). The third-order valence-electron chi connectivity index (χ3n) is 3.44. The van der Waals surface area contributed by atoms with E-state index in [2.05, 4.69) is 5.32 Å². The first kappa shape index (κ1) is 12.6. The second-order valence-corrected chi connectivity index (χ2v) is 4.93. The number of hydrogen-bond acceptors (Lipinski definition) is 3. The van der Waals surface area contributed by atoms with E-state index in [-0.39, 0.29) is 17.9 Å². The van der Waals surface area contributed by atoms with E-state index in [1.165, 1.54) is 12.3 Å². The van der Waals surface area contributed by atoms with Crippen molar-refractivity contribution >= 4 is 11.8 Å². The van der Waals surface area contributed by atoms with E-state index >= 15 is 0 Å². The van der Waals surface area contributed by atoms with Crippen molar-refractivity contribution in [3.63, 3.8) is 0 Å². The summed E-state index contributed by atoms with van der Waals surface area (Å²) in [5.74, 6) is -0.816. The zero-order valence-corrected chi connectivity index (χ0v) is 10.3. The van der Waals surface area contributed by atoms with E-state index in [9.17, 15) is 9.59 Å². The lowest BCUT2D eigenvalue weighted by molar-refractivity contribution is 0.0926. The van der Waals surface area contributed by atoms with Crippen molar-refractivity contribution in [3.8, 4) is 0 Å². The van der Waals surface area contributed by atoms with Gasteiger partial charge in [0.25, 0.3) is 5.91 Å². The molecule has 0 saturated heterocycles. The molecule has 1 aromatic rings. The number of amides is 2. The Kier molecular flexibility index (Phi) is 3.13. The molecular weight excluding hydrogens is 234 g/mol. The number of aryl methyl sites for hydroxylation is 1. The molecule has 0 bridgehead atoms. The van der Waals surface area contributed by atoms with Crippen molar-refractivity contribution in [3.05, 3.63) is 23.5 Å². The van der Waals surface area contributed by atoms with Crippen LogP contribution in [0.3, 0.4) is 0 Å². The minimum Gasteiger partial charge on any atom is -0.396 e. The van der Waals surface area contributed by atoms with Gasteiger partial charge in [0.05, 0.1) is 12.2 Å². The van der Waals surface area contributed by atoms with Crippen LogP contribution in [0.5, 0.6) is 0 Å². The van der Waals surface area contributed by atoms with Gasteiger partial charge in [-0.3, -0.25) is 9.59 Å². The average molecular weight is 251 g/mol. The Bertz CT molecular complexity index is 489. The molecule has 2 amide bonds. The summed E-state index contributed by atoms with van der Waals surface area (Å²) in [7, 11) is 1.68. The standard InChI is InChI=1S/C12H17N3O3/c1-15-5-8(10(13)17)4-9(15)11(18)14-6-12(7-16)2-3-12/h4-5,16H,2-3,6-7H2,1H3,(H2,13,17)(H,14,18). The first-order valence-electron chi connectivity index (χ1n) is 5.83. The summed E-state index contributed by atoms with van der Waals surface area (Å²) in [6, 6.07) is 1.47. The molecule has 18 heavy (non-hydrogen) atoms. The summed E-state index contributed by atoms with van der Waals surface area (Å²) in [6.45, 7) is 0.548. The molecule has 1 aromatic heterocycles. The second kappa shape index (κ2) is 4.45. The smallest absolute Gasteiger partial charge is 0.267 e. The number of primary amides is 1. The van der Waals surface area contributed by atoms with Gasteiger partial charge in [0.15, 0.2) is 0 Å². The summed E-state index contributed by atoms with van der Waals surface area (Å²) < 4.78 is 1.56. The van der Waals surface area contributed by atoms with Crippen LogP contribution in [0.1, 0.15) is 33.7 Å². The fourth-order valence-corrected chi connectivity index (χ4v) is 1.85. The van der Waals surface area contributed by atoms with Crippen LogP contribution in [0.25, 0.3) is 0 Å². The van der Waals surface area contributed by atoms with Crippen molar-refractivity contribution in [2.45, 2.75) is 12.8 Å². The lowest BCUT2D eigenvalue weighted by Crippen LogP contribution is -2.32. The van der Waals surface area contributed by atoms with E-state index in [1.54, 1.807) is 11.6 Å². The molecule has 4 N–H and O–H groups in total. The summed E-state index contributed by atoms with van der Waals surface area (Å²) in [5.41, 5.74) is 5.72. The van der Waals surface area contributed by atoms with Gasteiger partial charge in [0, 0.05) is 25.2 Å². The number of carbonyl (C=O) groups excluding carboxylic acids is 2. The Labute approximate surface area is 105 Å². The molecule has 1 aliphatic rings. The van der Waals surface area contributed by atoms with Gasteiger partial charge in [-0.15, -0.1) is 0 Å². The lowest BCUT2D eigenvalue weighted by Gasteiger charge is -2.12. The van der Waals surface area contributed by atoms with Crippen LogP contribution in [0.15, 0.2) is 12.3 Å². The van der Waals surface area contributed by atoms with Crippen molar-refractivity contribution < 1.29 is 14.7 Å². The fraction of sp³-hybridized carbons (Fsp3) is 0.500. The quantitative estimate of drug-likeness (QED) is 0.665. The van der Waals surface area contributed by atoms with Crippen LogP contribution in [0.4, 0.5) is 0 Å². The minimum atomic E-state index is -0.557. The number of nitrogens with two attached hydrogens (primary N) is 1. The maximum Gasteiger partial charge on any atom is 0.267 e. The van der Waals surface area contributed by atoms with Gasteiger partial charge in [-0.2, -0.15) is 0 Å². The van der Waals surface area contributed by atoms with Gasteiger partial charge in [-0.25, -0.2) is 0 Å². The first-order valence-corrected chi connectivity index (χ1v) is 5.83. The van der Waals surface area contributed by atoms with Crippen molar-refractivity contribution in [2.75, 3.05) is 13.2 Å². The van der Waals surface area contributed by atoms with Gasteiger partial charge in [-0.1, -0.05) is 0 Å². The molecule has 1 saturated carbocycles. The maximum atomic E-state index is 11.9. The highest BCUT2D eigenvalue weighted by Crippen LogP contribution is 2.44. The van der Waals surface area contributed by atoms with Gasteiger partial charge in [-0.05, 0) is 18.9 Å². The highest BCUT2D eigenvalue weighted by Gasteiger charge is 2.42. The molecule has 0 atom stereocenters. The number of aliphatic hydroxyl groups is 1. The Morgan fingerprint density at radius 3 is 2.67 bits per heavy atom. The highest BCUT2D eigenvalue weighted by molar-refractivity contribution is 5.98. The Morgan fingerprint density at radius 1 is 1.56 bits per heavy atom. The molecule has 1 aliphatic carbocycles. The van der Waals surface area contributed by atoms with Gasteiger partial charge >= 0.3 is 0 Å². The maximum absolute atomic E-state index is 11.9. The number of rotatable bonds is 5. The van der Waals surface area contributed by atoms with E-state index in [4.69, 9.17) is 10.8 Å². The first-order chi connectivity index (χ1) is 8.47. The number of nitrogens with one attached hydrogen (secondary N) is 1. The van der Waals surface area contributed by atoms with E-state index in [1.807, 2.05) is 0 Å². The highest BCUT2D eigenvalue weighted by atomic mass is 16.3. The molecule has 0 aliphatic heterocycles. The summed E-state index contributed by atoms with van der Waals surface area (Å²) in [5, 5.41) is 11.9. The third kappa shape index (κ3) is 2.38. The van der Waals surface area contributed by atoms with Crippen LogP contribution in [0, 0.1) is 5.41 Å². The molecule has 6 nitrogen and oxygen atoms in total. The van der Waals surface area contributed by atoms with E-state index < -0.39 is 5.91 Å². The molecule has 0 aromatic carbocycles.